The van der Waals surface area contributed by atoms with E-state index in [9.17, 15) is 4.79 Å². The maximum Gasteiger partial charge on any atom is 0.233 e. The van der Waals surface area contributed by atoms with Crippen LogP contribution in [0.3, 0.4) is 0 Å². The molecular weight excluding hydrogens is 340 g/mol. The first-order chi connectivity index (χ1) is 12.6. The summed E-state index contributed by atoms with van der Waals surface area (Å²) in [5.74, 6) is 0.130. The lowest BCUT2D eigenvalue weighted by Crippen LogP contribution is -2.43. The Morgan fingerprint density at radius 1 is 1.19 bits per heavy atom. The number of thiazole rings is 1. The zero-order valence-corrected chi connectivity index (χ0v) is 15.9. The molecule has 4 rings (SSSR count). The maximum atomic E-state index is 13.0. The number of carbonyl (C=O) groups excluding carboxylic acids is 1. The lowest BCUT2D eigenvalue weighted by molar-refractivity contribution is -0.118. The SMILES string of the molecule is Cc1ccc(-c2nc(CC(=O)N3c4ccccc4CCC3C)cs2)cc1. The summed E-state index contributed by atoms with van der Waals surface area (Å²) in [6.07, 6.45) is 2.39. The van der Waals surface area contributed by atoms with E-state index in [0.29, 0.717) is 6.42 Å². The Morgan fingerprint density at radius 3 is 2.77 bits per heavy atom. The molecule has 0 bridgehead atoms. The predicted molar refractivity (Wildman–Crippen MR) is 108 cm³/mol. The number of aromatic nitrogens is 1. The lowest BCUT2D eigenvalue weighted by Gasteiger charge is -2.35. The van der Waals surface area contributed by atoms with Crippen molar-refractivity contribution in [3.63, 3.8) is 0 Å². The lowest BCUT2D eigenvalue weighted by atomic mass is 9.96. The highest BCUT2D eigenvalue weighted by Gasteiger charge is 2.28. The summed E-state index contributed by atoms with van der Waals surface area (Å²) in [7, 11) is 0. The fraction of sp³-hybridized carbons (Fsp3) is 0.273. The van der Waals surface area contributed by atoms with Gasteiger partial charge in [0, 0.05) is 22.7 Å². The van der Waals surface area contributed by atoms with Crippen LogP contribution in [0.1, 0.15) is 30.2 Å². The Balaban J connectivity index is 1.55. The maximum absolute atomic E-state index is 13.0. The quantitative estimate of drug-likeness (QED) is 0.655. The topological polar surface area (TPSA) is 33.2 Å². The van der Waals surface area contributed by atoms with E-state index < -0.39 is 0 Å². The fourth-order valence-electron chi connectivity index (χ4n) is 3.53. The van der Waals surface area contributed by atoms with Crippen molar-refractivity contribution in [3.05, 3.63) is 70.7 Å². The van der Waals surface area contributed by atoms with Crippen LogP contribution >= 0.6 is 11.3 Å². The summed E-state index contributed by atoms with van der Waals surface area (Å²) >= 11 is 1.60. The number of hydrogen-bond acceptors (Lipinski definition) is 3. The van der Waals surface area contributed by atoms with Gasteiger partial charge in [0.15, 0.2) is 0 Å². The van der Waals surface area contributed by atoms with E-state index in [1.54, 1.807) is 11.3 Å². The molecule has 1 aromatic heterocycles. The van der Waals surface area contributed by atoms with Crippen molar-refractivity contribution in [3.8, 4) is 10.6 Å². The summed E-state index contributed by atoms with van der Waals surface area (Å²) in [4.78, 5) is 19.7. The number of aryl methyl sites for hydroxylation is 2. The van der Waals surface area contributed by atoms with Gasteiger partial charge in [-0.25, -0.2) is 4.98 Å². The standard InChI is InChI=1S/C22H22N2OS/c1-15-7-10-18(11-8-15)22-23-19(14-26-22)13-21(25)24-16(2)9-12-17-5-3-4-6-20(17)24/h3-8,10-11,14,16H,9,12-13H2,1-2H3. The third-order valence-corrected chi connectivity index (χ3v) is 5.91. The summed E-state index contributed by atoms with van der Waals surface area (Å²) in [6, 6.07) is 16.8. The van der Waals surface area contributed by atoms with Gasteiger partial charge < -0.3 is 4.90 Å². The van der Waals surface area contributed by atoms with Gasteiger partial charge in [-0.1, -0.05) is 48.0 Å². The molecule has 3 nitrogen and oxygen atoms in total. The van der Waals surface area contributed by atoms with E-state index in [-0.39, 0.29) is 11.9 Å². The molecule has 0 saturated carbocycles. The number of carbonyl (C=O) groups is 1. The summed E-state index contributed by atoms with van der Waals surface area (Å²) < 4.78 is 0. The van der Waals surface area contributed by atoms with E-state index in [0.717, 1.165) is 34.8 Å². The molecule has 1 unspecified atom stereocenters. The molecule has 1 amide bonds. The van der Waals surface area contributed by atoms with Crippen molar-refractivity contribution >= 4 is 22.9 Å². The molecule has 0 aliphatic carbocycles. The number of amides is 1. The molecule has 132 valence electrons. The van der Waals surface area contributed by atoms with Crippen LogP contribution in [0.5, 0.6) is 0 Å². The van der Waals surface area contributed by atoms with E-state index in [4.69, 9.17) is 4.98 Å². The van der Waals surface area contributed by atoms with Crippen LogP contribution in [-0.2, 0) is 17.6 Å². The largest absolute Gasteiger partial charge is 0.309 e. The van der Waals surface area contributed by atoms with Crippen LogP contribution in [0, 0.1) is 6.92 Å². The molecule has 4 heteroatoms. The molecule has 0 fully saturated rings. The normalized spacial score (nSPS) is 16.4. The number of para-hydroxylation sites is 1. The highest BCUT2D eigenvalue weighted by Crippen LogP contribution is 2.31. The van der Waals surface area contributed by atoms with Crippen LogP contribution < -0.4 is 4.90 Å². The zero-order chi connectivity index (χ0) is 18.1. The van der Waals surface area contributed by atoms with E-state index in [2.05, 4.69) is 50.2 Å². The second-order valence-corrected chi connectivity index (χ2v) is 7.83. The number of benzene rings is 2. The number of nitrogens with zero attached hydrogens (tertiary/aromatic N) is 2. The van der Waals surface area contributed by atoms with Gasteiger partial charge in [0.05, 0.1) is 12.1 Å². The highest BCUT2D eigenvalue weighted by atomic mass is 32.1. The molecule has 1 atom stereocenters. The van der Waals surface area contributed by atoms with Crippen molar-refractivity contribution in [1.29, 1.82) is 0 Å². The van der Waals surface area contributed by atoms with Crippen molar-refractivity contribution < 1.29 is 4.79 Å². The third kappa shape index (κ3) is 3.29. The van der Waals surface area contributed by atoms with E-state index >= 15 is 0 Å². The van der Waals surface area contributed by atoms with Gasteiger partial charge in [-0.3, -0.25) is 4.79 Å². The van der Waals surface area contributed by atoms with Gasteiger partial charge in [-0.2, -0.15) is 0 Å². The molecule has 0 spiro atoms. The molecule has 2 aromatic carbocycles. The molecule has 1 aliphatic rings. The van der Waals surface area contributed by atoms with Crippen LogP contribution in [0.2, 0.25) is 0 Å². The molecular formula is C22H22N2OS. The van der Waals surface area contributed by atoms with Gasteiger partial charge in [0.2, 0.25) is 5.91 Å². The van der Waals surface area contributed by atoms with Crippen molar-refractivity contribution in [2.24, 2.45) is 0 Å². The van der Waals surface area contributed by atoms with Gasteiger partial charge in [-0.05, 0) is 38.3 Å². The Bertz CT molecular complexity index is 929. The average molecular weight is 362 g/mol. The molecule has 0 saturated heterocycles. The van der Waals surface area contributed by atoms with E-state index in [1.165, 1.54) is 11.1 Å². The minimum absolute atomic E-state index is 0.130. The van der Waals surface area contributed by atoms with Crippen molar-refractivity contribution in [2.75, 3.05) is 4.90 Å². The number of anilines is 1. The van der Waals surface area contributed by atoms with Crippen molar-refractivity contribution in [2.45, 2.75) is 39.2 Å². The monoisotopic (exact) mass is 362 g/mol. The smallest absolute Gasteiger partial charge is 0.233 e. The Hall–Kier alpha value is -2.46. The highest BCUT2D eigenvalue weighted by molar-refractivity contribution is 7.13. The van der Waals surface area contributed by atoms with Gasteiger partial charge in [-0.15, -0.1) is 11.3 Å². The van der Waals surface area contributed by atoms with E-state index in [1.807, 2.05) is 22.4 Å². The minimum atomic E-state index is 0.130. The Labute approximate surface area is 158 Å². The molecule has 0 radical (unpaired) electrons. The first kappa shape index (κ1) is 17.0. The van der Waals surface area contributed by atoms with Crippen LogP contribution in [0.4, 0.5) is 5.69 Å². The molecule has 2 heterocycles. The molecule has 0 N–H and O–H groups in total. The summed E-state index contributed by atoms with van der Waals surface area (Å²) in [5, 5.41) is 2.98. The number of hydrogen-bond donors (Lipinski definition) is 0. The van der Waals surface area contributed by atoms with Gasteiger partial charge in [0.25, 0.3) is 0 Å². The van der Waals surface area contributed by atoms with Gasteiger partial charge in [0.1, 0.15) is 5.01 Å². The predicted octanol–water partition coefficient (Wildman–Crippen LogP) is 5.03. The molecule has 3 aromatic rings. The second-order valence-electron chi connectivity index (χ2n) is 6.97. The zero-order valence-electron chi connectivity index (χ0n) is 15.1. The van der Waals surface area contributed by atoms with Crippen LogP contribution in [0.25, 0.3) is 10.6 Å². The first-order valence-corrected chi connectivity index (χ1v) is 9.91. The summed E-state index contributed by atoms with van der Waals surface area (Å²) in [5.41, 5.74) is 5.52. The Kier molecular flexibility index (Phi) is 4.60. The number of rotatable bonds is 3. The molecule has 26 heavy (non-hydrogen) atoms. The van der Waals surface area contributed by atoms with Crippen LogP contribution in [0.15, 0.2) is 53.9 Å². The Morgan fingerprint density at radius 2 is 1.96 bits per heavy atom. The minimum Gasteiger partial charge on any atom is -0.309 e. The van der Waals surface area contributed by atoms with Crippen LogP contribution in [-0.4, -0.2) is 16.9 Å². The third-order valence-electron chi connectivity index (χ3n) is 4.97. The molecule has 1 aliphatic heterocycles. The second kappa shape index (κ2) is 7.04. The van der Waals surface area contributed by atoms with Crippen molar-refractivity contribution in [1.82, 2.24) is 4.98 Å². The summed E-state index contributed by atoms with van der Waals surface area (Å²) in [6.45, 7) is 4.21. The first-order valence-electron chi connectivity index (χ1n) is 9.03. The fourth-order valence-corrected chi connectivity index (χ4v) is 4.35. The number of fused-ring (bicyclic) bond motifs is 1. The average Bonchev–Trinajstić information content (AvgIpc) is 3.10. The van der Waals surface area contributed by atoms with Gasteiger partial charge >= 0.3 is 0 Å².